The van der Waals surface area contributed by atoms with Crippen molar-refractivity contribution in [3.63, 3.8) is 0 Å². The quantitative estimate of drug-likeness (QED) is 0.606. The predicted octanol–water partition coefficient (Wildman–Crippen LogP) is 0.446. The van der Waals surface area contributed by atoms with Crippen molar-refractivity contribution in [2.24, 2.45) is 5.73 Å². The highest BCUT2D eigenvalue weighted by atomic mass is 16.5. The summed E-state index contributed by atoms with van der Waals surface area (Å²) in [6.07, 6.45) is 3.85. The molecule has 72 valence electrons. The lowest BCUT2D eigenvalue weighted by Crippen LogP contribution is -2.31. The standard InChI is InChI=1S/C9H20N2O/c1-12-8-7-11(6-2-5-10)9-3-4-9/h9H,2-8,10H2,1H3. The van der Waals surface area contributed by atoms with E-state index in [1.165, 1.54) is 12.8 Å². The highest BCUT2D eigenvalue weighted by Crippen LogP contribution is 2.26. The molecule has 0 radical (unpaired) electrons. The van der Waals surface area contributed by atoms with Gasteiger partial charge in [-0.2, -0.15) is 0 Å². The fourth-order valence-electron chi connectivity index (χ4n) is 1.42. The smallest absolute Gasteiger partial charge is 0.0589 e. The summed E-state index contributed by atoms with van der Waals surface area (Å²) in [6.45, 7) is 3.86. The predicted molar refractivity (Wildman–Crippen MR) is 50.1 cm³/mol. The monoisotopic (exact) mass is 172 g/mol. The van der Waals surface area contributed by atoms with Crippen molar-refractivity contribution < 1.29 is 4.74 Å². The zero-order valence-electron chi connectivity index (χ0n) is 7.96. The third-order valence-electron chi connectivity index (χ3n) is 2.30. The molecular weight excluding hydrogens is 152 g/mol. The molecule has 0 amide bonds. The van der Waals surface area contributed by atoms with Crippen molar-refractivity contribution in [3.05, 3.63) is 0 Å². The largest absolute Gasteiger partial charge is 0.383 e. The molecule has 0 spiro atoms. The average Bonchev–Trinajstić information content (AvgIpc) is 2.88. The zero-order valence-corrected chi connectivity index (χ0v) is 7.96. The molecule has 3 nitrogen and oxygen atoms in total. The van der Waals surface area contributed by atoms with Gasteiger partial charge in [0.1, 0.15) is 0 Å². The molecule has 1 fully saturated rings. The Bertz CT molecular complexity index is 107. The van der Waals surface area contributed by atoms with E-state index in [4.69, 9.17) is 10.5 Å². The van der Waals surface area contributed by atoms with Crippen LogP contribution in [0.2, 0.25) is 0 Å². The molecular formula is C9H20N2O. The Labute approximate surface area is 74.9 Å². The van der Waals surface area contributed by atoms with Gasteiger partial charge in [-0.05, 0) is 32.4 Å². The molecule has 0 saturated heterocycles. The fraction of sp³-hybridized carbons (Fsp3) is 1.00. The van der Waals surface area contributed by atoms with Gasteiger partial charge < -0.3 is 10.5 Å². The van der Waals surface area contributed by atoms with Crippen molar-refractivity contribution in [3.8, 4) is 0 Å². The van der Waals surface area contributed by atoms with Crippen LogP contribution in [0.3, 0.4) is 0 Å². The maximum atomic E-state index is 5.47. The summed E-state index contributed by atoms with van der Waals surface area (Å²) in [5, 5.41) is 0. The van der Waals surface area contributed by atoms with E-state index in [0.717, 1.165) is 38.7 Å². The van der Waals surface area contributed by atoms with Gasteiger partial charge >= 0.3 is 0 Å². The first-order chi connectivity index (χ1) is 5.88. The lowest BCUT2D eigenvalue weighted by molar-refractivity contribution is 0.143. The molecule has 2 N–H and O–H groups in total. The Morgan fingerprint density at radius 3 is 2.67 bits per heavy atom. The SMILES string of the molecule is COCCN(CCCN)C1CC1. The maximum absolute atomic E-state index is 5.47. The molecule has 0 aromatic carbocycles. The minimum atomic E-state index is 0.802. The van der Waals surface area contributed by atoms with Gasteiger partial charge in [-0.3, -0.25) is 4.90 Å². The summed E-state index contributed by atoms with van der Waals surface area (Å²) >= 11 is 0. The lowest BCUT2D eigenvalue weighted by atomic mass is 10.3. The third kappa shape index (κ3) is 3.52. The summed E-state index contributed by atoms with van der Waals surface area (Å²) in [4.78, 5) is 2.50. The van der Waals surface area contributed by atoms with E-state index >= 15 is 0 Å². The molecule has 12 heavy (non-hydrogen) atoms. The Balaban J connectivity index is 2.09. The van der Waals surface area contributed by atoms with E-state index < -0.39 is 0 Å². The Morgan fingerprint density at radius 1 is 1.42 bits per heavy atom. The van der Waals surface area contributed by atoms with E-state index in [0.29, 0.717) is 0 Å². The number of rotatable bonds is 7. The molecule has 0 aliphatic heterocycles. The summed E-state index contributed by atoms with van der Waals surface area (Å²) < 4.78 is 5.06. The van der Waals surface area contributed by atoms with E-state index in [-0.39, 0.29) is 0 Å². The maximum Gasteiger partial charge on any atom is 0.0589 e. The van der Waals surface area contributed by atoms with Gasteiger partial charge in [0.2, 0.25) is 0 Å². The third-order valence-corrected chi connectivity index (χ3v) is 2.30. The topological polar surface area (TPSA) is 38.5 Å². The van der Waals surface area contributed by atoms with Crippen LogP contribution in [0.1, 0.15) is 19.3 Å². The Morgan fingerprint density at radius 2 is 2.17 bits per heavy atom. The number of ether oxygens (including phenoxy) is 1. The number of hydrogen-bond acceptors (Lipinski definition) is 3. The van der Waals surface area contributed by atoms with Crippen molar-refractivity contribution in [1.29, 1.82) is 0 Å². The van der Waals surface area contributed by atoms with Crippen molar-refractivity contribution >= 4 is 0 Å². The minimum absolute atomic E-state index is 0.802. The highest BCUT2D eigenvalue weighted by Gasteiger charge is 2.27. The minimum Gasteiger partial charge on any atom is -0.383 e. The van der Waals surface area contributed by atoms with Crippen LogP contribution in [0.5, 0.6) is 0 Å². The van der Waals surface area contributed by atoms with Gasteiger partial charge in [0.05, 0.1) is 6.61 Å². The van der Waals surface area contributed by atoms with Gasteiger partial charge in [0.15, 0.2) is 0 Å². The number of hydrogen-bond donors (Lipinski definition) is 1. The summed E-state index contributed by atoms with van der Waals surface area (Å²) in [5.41, 5.74) is 5.47. The van der Waals surface area contributed by atoms with Crippen LogP contribution in [0.15, 0.2) is 0 Å². The van der Waals surface area contributed by atoms with Crippen molar-refractivity contribution in [2.75, 3.05) is 33.4 Å². The first-order valence-electron chi connectivity index (χ1n) is 4.81. The van der Waals surface area contributed by atoms with Crippen LogP contribution < -0.4 is 5.73 Å². The molecule has 0 aromatic rings. The van der Waals surface area contributed by atoms with Crippen LogP contribution in [-0.4, -0.2) is 44.3 Å². The van der Waals surface area contributed by atoms with Crippen LogP contribution in [0.4, 0.5) is 0 Å². The fourth-order valence-corrected chi connectivity index (χ4v) is 1.42. The molecule has 1 saturated carbocycles. The normalized spacial score (nSPS) is 17.2. The molecule has 3 heteroatoms. The van der Waals surface area contributed by atoms with Gasteiger partial charge in [0.25, 0.3) is 0 Å². The van der Waals surface area contributed by atoms with Crippen LogP contribution in [-0.2, 0) is 4.74 Å². The van der Waals surface area contributed by atoms with E-state index in [9.17, 15) is 0 Å². The van der Waals surface area contributed by atoms with Gasteiger partial charge in [-0.1, -0.05) is 0 Å². The van der Waals surface area contributed by atoms with Crippen LogP contribution in [0, 0.1) is 0 Å². The van der Waals surface area contributed by atoms with Crippen molar-refractivity contribution in [1.82, 2.24) is 4.90 Å². The molecule has 1 rings (SSSR count). The summed E-state index contributed by atoms with van der Waals surface area (Å²) in [5.74, 6) is 0. The highest BCUT2D eigenvalue weighted by molar-refractivity contribution is 4.84. The average molecular weight is 172 g/mol. The van der Waals surface area contributed by atoms with Gasteiger partial charge in [-0.15, -0.1) is 0 Å². The number of nitrogens with zero attached hydrogens (tertiary/aromatic N) is 1. The first-order valence-corrected chi connectivity index (χ1v) is 4.81. The first kappa shape index (κ1) is 9.96. The molecule has 1 aliphatic carbocycles. The van der Waals surface area contributed by atoms with Crippen LogP contribution >= 0.6 is 0 Å². The van der Waals surface area contributed by atoms with Gasteiger partial charge in [0, 0.05) is 19.7 Å². The molecule has 0 aromatic heterocycles. The molecule has 0 heterocycles. The van der Waals surface area contributed by atoms with E-state index in [1.54, 1.807) is 7.11 Å². The lowest BCUT2D eigenvalue weighted by Gasteiger charge is -2.20. The van der Waals surface area contributed by atoms with E-state index in [1.807, 2.05) is 0 Å². The second-order valence-corrected chi connectivity index (χ2v) is 3.40. The second kappa shape index (κ2) is 5.51. The van der Waals surface area contributed by atoms with E-state index in [2.05, 4.69) is 4.90 Å². The van der Waals surface area contributed by atoms with Gasteiger partial charge in [-0.25, -0.2) is 0 Å². The second-order valence-electron chi connectivity index (χ2n) is 3.40. The Hall–Kier alpha value is -0.120. The summed E-state index contributed by atoms with van der Waals surface area (Å²) in [6, 6.07) is 0.840. The summed E-state index contributed by atoms with van der Waals surface area (Å²) in [7, 11) is 1.76. The molecule has 0 bridgehead atoms. The van der Waals surface area contributed by atoms with Crippen LogP contribution in [0.25, 0.3) is 0 Å². The number of nitrogens with two attached hydrogens (primary N) is 1. The van der Waals surface area contributed by atoms with Crippen molar-refractivity contribution in [2.45, 2.75) is 25.3 Å². The zero-order chi connectivity index (χ0) is 8.81. The molecule has 1 aliphatic rings. The number of methoxy groups -OCH3 is 1. The molecule has 0 atom stereocenters. The Kier molecular flexibility index (Phi) is 4.58. The molecule has 0 unspecified atom stereocenters.